The van der Waals surface area contributed by atoms with Gasteiger partial charge in [-0.3, -0.25) is 4.98 Å². The first-order valence-electron chi connectivity index (χ1n) is 3.50. The summed E-state index contributed by atoms with van der Waals surface area (Å²) in [6.45, 7) is 1.57. The predicted molar refractivity (Wildman–Crippen MR) is 46.4 cm³/mol. The Bertz CT molecular complexity index is 373. The molecular formula is C7H10N2O2S. The van der Waals surface area contributed by atoms with Crippen molar-refractivity contribution in [2.45, 2.75) is 11.8 Å². The van der Waals surface area contributed by atoms with E-state index >= 15 is 0 Å². The molecular weight excluding hydrogens is 176 g/mol. The van der Waals surface area contributed by atoms with Crippen LogP contribution in [0.25, 0.3) is 0 Å². The summed E-state index contributed by atoms with van der Waals surface area (Å²) in [6, 6.07) is 1.47. The molecule has 0 spiro atoms. The lowest BCUT2D eigenvalue weighted by Crippen LogP contribution is -2.07. The highest BCUT2D eigenvalue weighted by atomic mass is 32.2. The molecule has 1 heterocycles. The van der Waals surface area contributed by atoms with E-state index in [9.17, 15) is 8.42 Å². The van der Waals surface area contributed by atoms with E-state index in [4.69, 9.17) is 5.73 Å². The van der Waals surface area contributed by atoms with Gasteiger partial charge in [0.2, 0.25) is 0 Å². The first-order chi connectivity index (χ1) is 5.58. The summed E-state index contributed by atoms with van der Waals surface area (Å²) in [5.41, 5.74) is 5.72. The van der Waals surface area contributed by atoms with E-state index < -0.39 is 9.84 Å². The third-order valence-corrected chi connectivity index (χ3v) is 3.30. The van der Waals surface area contributed by atoms with Crippen LogP contribution in [0.4, 0.5) is 5.69 Å². The van der Waals surface area contributed by atoms with Gasteiger partial charge in [-0.1, -0.05) is 6.92 Å². The average molecular weight is 186 g/mol. The van der Waals surface area contributed by atoms with Crippen LogP contribution in [0.3, 0.4) is 0 Å². The molecule has 4 nitrogen and oxygen atoms in total. The number of aromatic nitrogens is 1. The second-order valence-corrected chi connectivity index (χ2v) is 4.56. The number of sulfone groups is 1. The molecule has 66 valence electrons. The molecule has 0 aliphatic carbocycles. The third kappa shape index (κ3) is 1.55. The van der Waals surface area contributed by atoms with Gasteiger partial charge in [-0.15, -0.1) is 0 Å². The zero-order chi connectivity index (χ0) is 9.19. The summed E-state index contributed by atoms with van der Waals surface area (Å²) in [6.07, 6.45) is 2.73. The molecule has 0 amide bonds. The minimum Gasteiger partial charge on any atom is -0.398 e. The lowest BCUT2D eigenvalue weighted by Gasteiger charge is -2.02. The number of nitrogen functional groups attached to an aromatic ring is 1. The van der Waals surface area contributed by atoms with Crippen LogP contribution in [-0.4, -0.2) is 19.2 Å². The number of pyridine rings is 1. The van der Waals surface area contributed by atoms with Gasteiger partial charge in [-0.05, 0) is 6.07 Å². The summed E-state index contributed by atoms with van der Waals surface area (Å²) >= 11 is 0. The van der Waals surface area contributed by atoms with Gasteiger partial charge in [0.25, 0.3) is 0 Å². The molecule has 12 heavy (non-hydrogen) atoms. The highest BCUT2D eigenvalue weighted by Crippen LogP contribution is 2.16. The van der Waals surface area contributed by atoms with Gasteiger partial charge in [0.1, 0.15) is 4.90 Å². The molecule has 1 aromatic heterocycles. The highest BCUT2D eigenvalue weighted by Gasteiger charge is 2.14. The largest absolute Gasteiger partial charge is 0.398 e. The van der Waals surface area contributed by atoms with Crippen molar-refractivity contribution in [1.29, 1.82) is 0 Å². The monoisotopic (exact) mass is 186 g/mol. The van der Waals surface area contributed by atoms with Gasteiger partial charge in [0.15, 0.2) is 9.84 Å². The van der Waals surface area contributed by atoms with Crippen molar-refractivity contribution in [2.24, 2.45) is 0 Å². The van der Waals surface area contributed by atoms with Crippen LogP contribution in [0.2, 0.25) is 0 Å². The lowest BCUT2D eigenvalue weighted by molar-refractivity contribution is 0.597. The lowest BCUT2D eigenvalue weighted by atomic mass is 10.4. The van der Waals surface area contributed by atoms with Crippen molar-refractivity contribution in [2.75, 3.05) is 11.5 Å². The number of hydrogen-bond acceptors (Lipinski definition) is 4. The Kier molecular flexibility index (Phi) is 2.32. The number of anilines is 1. The molecule has 1 rings (SSSR count). The molecule has 0 aromatic carbocycles. The molecule has 1 aromatic rings. The molecule has 0 unspecified atom stereocenters. The maximum Gasteiger partial charge on any atom is 0.181 e. The maximum atomic E-state index is 11.3. The second-order valence-electron chi connectivity index (χ2n) is 2.32. The van der Waals surface area contributed by atoms with Crippen LogP contribution >= 0.6 is 0 Å². The highest BCUT2D eigenvalue weighted by molar-refractivity contribution is 7.91. The van der Waals surface area contributed by atoms with Crippen molar-refractivity contribution in [3.63, 3.8) is 0 Å². The van der Waals surface area contributed by atoms with Crippen molar-refractivity contribution in [3.8, 4) is 0 Å². The molecule has 0 aliphatic heterocycles. The van der Waals surface area contributed by atoms with Crippen molar-refractivity contribution >= 4 is 15.5 Å². The van der Waals surface area contributed by atoms with Crippen LogP contribution < -0.4 is 5.73 Å². The Labute approximate surface area is 71.3 Å². The molecule has 0 saturated heterocycles. The zero-order valence-corrected chi connectivity index (χ0v) is 7.50. The number of nitrogens with two attached hydrogens (primary N) is 1. The topological polar surface area (TPSA) is 73.0 Å². The summed E-state index contributed by atoms with van der Waals surface area (Å²) in [5, 5.41) is 0. The number of rotatable bonds is 2. The molecule has 0 fully saturated rings. The van der Waals surface area contributed by atoms with Crippen LogP contribution in [0, 0.1) is 0 Å². The molecule has 2 N–H and O–H groups in total. The maximum absolute atomic E-state index is 11.3. The zero-order valence-electron chi connectivity index (χ0n) is 6.69. The van der Waals surface area contributed by atoms with Gasteiger partial charge < -0.3 is 5.73 Å². The molecule has 0 bridgehead atoms. The fourth-order valence-electron chi connectivity index (χ4n) is 0.806. The third-order valence-electron chi connectivity index (χ3n) is 1.53. The molecule has 0 aliphatic rings. The van der Waals surface area contributed by atoms with Gasteiger partial charge in [-0.2, -0.15) is 0 Å². The van der Waals surface area contributed by atoms with E-state index in [1.807, 2.05) is 0 Å². The predicted octanol–water partition coefficient (Wildman–Crippen LogP) is 0.457. The fraction of sp³-hybridized carbons (Fsp3) is 0.286. The number of hydrogen-bond donors (Lipinski definition) is 1. The van der Waals surface area contributed by atoms with E-state index in [1.54, 1.807) is 6.92 Å². The second kappa shape index (κ2) is 3.10. The molecule has 0 saturated carbocycles. The Morgan fingerprint density at radius 2 is 2.25 bits per heavy atom. The van der Waals surface area contributed by atoms with Gasteiger partial charge in [0.05, 0.1) is 11.4 Å². The van der Waals surface area contributed by atoms with E-state index in [2.05, 4.69) is 4.98 Å². The van der Waals surface area contributed by atoms with Crippen LogP contribution in [0.5, 0.6) is 0 Å². The summed E-state index contributed by atoms with van der Waals surface area (Å²) in [7, 11) is -3.22. The van der Waals surface area contributed by atoms with Gasteiger partial charge in [0, 0.05) is 12.4 Å². The standard InChI is InChI=1S/C7H10N2O2S/c1-2-12(10,11)7-5-9-4-3-6(7)8/h3-5H,2H2,1H3,(H2,8,9). The van der Waals surface area contributed by atoms with Crippen LogP contribution in [-0.2, 0) is 9.84 Å². The first kappa shape index (κ1) is 8.99. The average Bonchev–Trinajstić information content (AvgIpc) is 2.05. The normalized spacial score (nSPS) is 11.4. The molecule has 0 radical (unpaired) electrons. The van der Waals surface area contributed by atoms with Crippen molar-refractivity contribution < 1.29 is 8.42 Å². The first-order valence-corrected chi connectivity index (χ1v) is 5.15. The fourth-order valence-corrected chi connectivity index (χ4v) is 1.77. The van der Waals surface area contributed by atoms with E-state index in [-0.39, 0.29) is 16.3 Å². The smallest absolute Gasteiger partial charge is 0.181 e. The summed E-state index contributed by atoms with van der Waals surface area (Å²) in [5.74, 6) is 0.0445. The minimum atomic E-state index is -3.22. The Morgan fingerprint density at radius 1 is 1.58 bits per heavy atom. The van der Waals surface area contributed by atoms with Crippen molar-refractivity contribution in [3.05, 3.63) is 18.5 Å². The summed E-state index contributed by atoms with van der Waals surface area (Å²) < 4.78 is 22.6. The van der Waals surface area contributed by atoms with Crippen LogP contribution in [0.15, 0.2) is 23.4 Å². The van der Waals surface area contributed by atoms with E-state index in [0.29, 0.717) is 0 Å². The minimum absolute atomic E-state index is 0.0445. The quantitative estimate of drug-likeness (QED) is 0.728. The Morgan fingerprint density at radius 3 is 2.75 bits per heavy atom. The Hall–Kier alpha value is -1.10. The van der Waals surface area contributed by atoms with Gasteiger partial charge >= 0.3 is 0 Å². The summed E-state index contributed by atoms with van der Waals surface area (Å²) in [4.78, 5) is 3.82. The molecule has 5 heteroatoms. The Balaban J connectivity index is 3.30. The van der Waals surface area contributed by atoms with E-state index in [0.717, 1.165) is 0 Å². The van der Waals surface area contributed by atoms with E-state index in [1.165, 1.54) is 18.5 Å². The molecule has 0 atom stereocenters. The SMILES string of the molecule is CCS(=O)(=O)c1cnccc1N. The van der Waals surface area contributed by atoms with Crippen molar-refractivity contribution in [1.82, 2.24) is 4.98 Å². The van der Waals surface area contributed by atoms with Crippen LogP contribution in [0.1, 0.15) is 6.92 Å². The van der Waals surface area contributed by atoms with Gasteiger partial charge in [-0.25, -0.2) is 8.42 Å². The number of nitrogens with zero attached hydrogens (tertiary/aromatic N) is 1.